The molecule has 114 valence electrons. The molecule has 7 heteroatoms. The lowest BCUT2D eigenvalue weighted by molar-refractivity contribution is 0.0945. The lowest BCUT2D eigenvalue weighted by Gasteiger charge is -2.05. The average Bonchev–Trinajstić information content (AvgIpc) is 2.81. The summed E-state index contributed by atoms with van der Waals surface area (Å²) in [5, 5.41) is 2.81. The van der Waals surface area contributed by atoms with E-state index in [4.69, 9.17) is 0 Å². The standard InChI is InChI=1S/C13H23N3O3S/c1-4-5-6-7-8-15-13(17)12-9-11(10-16(12)3)20(18,19)14-2/h9-10,14H,4-8H2,1-3H3,(H,15,17). The molecule has 0 aromatic carbocycles. The Labute approximate surface area is 120 Å². The van der Waals surface area contributed by atoms with Gasteiger partial charge in [-0.15, -0.1) is 0 Å². The van der Waals surface area contributed by atoms with Crippen LogP contribution >= 0.6 is 0 Å². The summed E-state index contributed by atoms with van der Waals surface area (Å²) >= 11 is 0. The van der Waals surface area contributed by atoms with E-state index in [-0.39, 0.29) is 10.8 Å². The number of rotatable bonds is 8. The van der Waals surface area contributed by atoms with Crippen LogP contribution in [0.4, 0.5) is 0 Å². The maximum Gasteiger partial charge on any atom is 0.267 e. The fourth-order valence-electron chi connectivity index (χ4n) is 1.87. The van der Waals surface area contributed by atoms with E-state index in [1.807, 2.05) is 0 Å². The second kappa shape index (κ2) is 7.44. The average molecular weight is 301 g/mol. The van der Waals surface area contributed by atoms with E-state index >= 15 is 0 Å². The molecule has 1 amide bonds. The van der Waals surface area contributed by atoms with Crippen molar-refractivity contribution in [2.24, 2.45) is 7.05 Å². The molecule has 20 heavy (non-hydrogen) atoms. The zero-order chi connectivity index (χ0) is 15.2. The Morgan fingerprint density at radius 1 is 1.30 bits per heavy atom. The Bertz CT molecular complexity index is 549. The molecule has 0 aliphatic carbocycles. The van der Waals surface area contributed by atoms with Crippen molar-refractivity contribution in [3.63, 3.8) is 0 Å². The Kier molecular flexibility index (Phi) is 6.22. The van der Waals surface area contributed by atoms with Crippen LogP contribution in [0.25, 0.3) is 0 Å². The highest BCUT2D eigenvalue weighted by atomic mass is 32.2. The summed E-state index contributed by atoms with van der Waals surface area (Å²) in [5.41, 5.74) is 0.342. The number of amides is 1. The SMILES string of the molecule is CCCCCCNC(=O)c1cc(S(=O)(=O)NC)cn1C. The van der Waals surface area contributed by atoms with Crippen molar-refractivity contribution in [1.29, 1.82) is 0 Å². The number of unbranched alkanes of at least 4 members (excludes halogenated alkanes) is 3. The topological polar surface area (TPSA) is 80.2 Å². The summed E-state index contributed by atoms with van der Waals surface area (Å²) in [6.45, 7) is 2.74. The van der Waals surface area contributed by atoms with Crippen LogP contribution in [0.15, 0.2) is 17.2 Å². The number of nitrogens with zero attached hydrogens (tertiary/aromatic N) is 1. The third kappa shape index (κ3) is 4.35. The highest BCUT2D eigenvalue weighted by Gasteiger charge is 2.18. The smallest absolute Gasteiger partial charge is 0.267 e. The van der Waals surface area contributed by atoms with Gasteiger partial charge in [-0.25, -0.2) is 13.1 Å². The minimum Gasteiger partial charge on any atom is -0.351 e. The van der Waals surface area contributed by atoms with E-state index in [1.165, 1.54) is 23.9 Å². The monoisotopic (exact) mass is 301 g/mol. The number of aromatic nitrogens is 1. The first kappa shape index (κ1) is 16.7. The van der Waals surface area contributed by atoms with Crippen LogP contribution < -0.4 is 10.0 Å². The highest BCUT2D eigenvalue weighted by Crippen LogP contribution is 2.13. The largest absolute Gasteiger partial charge is 0.351 e. The van der Waals surface area contributed by atoms with Gasteiger partial charge in [0, 0.05) is 19.8 Å². The van der Waals surface area contributed by atoms with Crippen molar-refractivity contribution >= 4 is 15.9 Å². The lowest BCUT2D eigenvalue weighted by atomic mass is 10.2. The quantitative estimate of drug-likeness (QED) is 0.709. The number of sulfonamides is 1. The molecule has 6 nitrogen and oxygen atoms in total. The van der Waals surface area contributed by atoms with Crippen LogP contribution in [-0.4, -0.2) is 32.5 Å². The highest BCUT2D eigenvalue weighted by molar-refractivity contribution is 7.89. The fourth-order valence-corrected chi connectivity index (χ4v) is 2.67. The molecule has 1 aromatic rings. The number of aryl methyl sites for hydroxylation is 1. The third-order valence-electron chi connectivity index (χ3n) is 3.11. The molecule has 0 bridgehead atoms. The molecule has 0 aliphatic heterocycles. The molecule has 0 radical (unpaired) electrons. The van der Waals surface area contributed by atoms with Crippen LogP contribution in [0, 0.1) is 0 Å². The maximum atomic E-state index is 12.0. The molecule has 0 fully saturated rings. The van der Waals surface area contributed by atoms with Gasteiger partial charge < -0.3 is 9.88 Å². The van der Waals surface area contributed by atoms with E-state index < -0.39 is 10.0 Å². The van der Waals surface area contributed by atoms with Crippen molar-refractivity contribution in [3.8, 4) is 0 Å². The van der Waals surface area contributed by atoms with Crippen LogP contribution in [0.3, 0.4) is 0 Å². The minimum absolute atomic E-state index is 0.0960. The molecule has 0 saturated heterocycles. The number of carbonyl (C=O) groups is 1. The summed E-state index contributed by atoms with van der Waals surface area (Å²) in [7, 11) is -0.520. The Morgan fingerprint density at radius 3 is 2.60 bits per heavy atom. The van der Waals surface area contributed by atoms with Gasteiger partial charge in [-0.3, -0.25) is 4.79 Å². The predicted molar refractivity (Wildman–Crippen MR) is 78.1 cm³/mol. The third-order valence-corrected chi connectivity index (χ3v) is 4.49. The number of hydrogen-bond acceptors (Lipinski definition) is 3. The molecule has 0 saturated carbocycles. The molecule has 1 heterocycles. The summed E-state index contributed by atoms with van der Waals surface area (Å²) in [6, 6.07) is 1.38. The van der Waals surface area contributed by atoms with E-state index in [9.17, 15) is 13.2 Å². The van der Waals surface area contributed by atoms with Gasteiger partial charge in [0.1, 0.15) is 10.6 Å². The van der Waals surface area contributed by atoms with Gasteiger partial charge in [0.2, 0.25) is 10.0 Å². The second-order valence-electron chi connectivity index (χ2n) is 4.70. The van der Waals surface area contributed by atoms with Crippen molar-refractivity contribution < 1.29 is 13.2 Å². The molecule has 0 aliphatic rings. The van der Waals surface area contributed by atoms with Gasteiger partial charge in [-0.1, -0.05) is 26.2 Å². The molecule has 0 spiro atoms. The summed E-state index contributed by atoms with van der Waals surface area (Å²) < 4.78 is 27.1. The van der Waals surface area contributed by atoms with Crippen LogP contribution in [0.5, 0.6) is 0 Å². The van der Waals surface area contributed by atoms with Gasteiger partial charge in [0.15, 0.2) is 0 Å². The molecular formula is C13H23N3O3S. The van der Waals surface area contributed by atoms with E-state index in [1.54, 1.807) is 7.05 Å². The molecule has 0 unspecified atom stereocenters. The van der Waals surface area contributed by atoms with Crippen molar-refractivity contribution in [1.82, 2.24) is 14.6 Å². The molecule has 1 aromatic heterocycles. The lowest BCUT2D eigenvalue weighted by Crippen LogP contribution is -2.26. The van der Waals surface area contributed by atoms with Crippen LogP contribution in [0.2, 0.25) is 0 Å². The predicted octanol–water partition coefficient (Wildman–Crippen LogP) is 1.24. The van der Waals surface area contributed by atoms with Gasteiger partial charge in [0.05, 0.1) is 0 Å². The van der Waals surface area contributed by atoms with Crippen LogP contribution in [0.1, 0.15) is 43.1 Å². The maximum absolute atomic E-state index is 12.0. The van der Waals surface area contributed by atoms with Gasteiger partial charge in [0.25, 0.3) is 5.91 Å². The second-order valence-corrected chi connectivity index (χ2v) is 6.58. The van der Waals surface area contributed by atoms with Gasteiger partial charge in [-0.2, -0.15) is 0 Å². The van der Waals surface area contributed by atoms with E-state index in [0.717, 1.165) is 25.7 Å². The minimum atomic E-state index is -3.52. The normalized spacial score (nSPS) is 11.6. The van der Waals surface area contributed by atoms with E-state index in [0.29, 0.717) is 12.2 Å². The number of hydrogen-bond donors (Lipinski definition) is 2. The summed E-state index contributed by atoms with van der Waals surface area (Å²) in [4.78, 5) is 12.1. The molecule has 1 rings (SSSR count). The fraction of sp³-hybridized carbons (Fsp3) is 0.615. The van der Waals surface area contributed by atoms with E-state index in [2.05, 4.69) is 17.0 Å². The van der Waals surface area contributed by atoms with Crippen molar-refractivity contribution in [2.45, 2.75) is 37.5 Å². The summed E-state index contributed by atoms with van der Waals surface area (Å²) in [5.74, 6) is -0.249. The van der Waals surface area contributed by atoms with Crippen molar-refractivity contribution in [3.05, 3.63) is 18.0 Å². The Hall–Kier alpha value is -1.34. The number of nitrogens with one attached hydrogen (secondary N) is 2. The molecular weight excluding hydrogens is 278 g/mol. The Morgan fingerprint density at radius 2 is 2.00 bits per heavy atom. The van der Waals surface area contributed by atoms with Crippen molar-refractivity contribution in [2.75, 3.05) is 13.6 Å². The number of carbonyl (C=O) groups excluding carboxylic acids is 1. The molecule has 0 atom stereocenters. The summed E-state index contributed by atoms with van der Waals surface area (Å²) in [6.07, 6.45) is 5.76. The Balaban J connectivity index is 2.65. The van der Waals surface area contributed by atoms with Gasteiger partial charge >= 0.3 is 0 Å². The first-order chi connectivity index (χ1) is 9.42. The first-order valence-corrected chi connectivity index (χ1v) is 8.28. The zero-order valence-corrected chi connectivity index (χ0v) is 13.1. The van der Waals surface area contributed by atoms with Crippen LogP contribution in [-0.2, 0) is 17.1 Å². The zero-order valence-electron chi connectivity index (χ0n) is 12.3. The van der Waals surface area contributed by atoms with Gasteiger partial charge in [-0.05, 0) is 19.5 Å². The first-order valence-electron chi connectivity index (χ1n) is 6.80. The molecule has 2 N–H and O–H groups in total.